The lowest BCUT2D eigenvalue weighted by atomic mass is 10.1. The molecule has 2 atom stereocenters. The zero-order chi connectivity index (χ0) is 44.8. The summed E-state index contributed by atoms with van der Waals surface area (Å²) in [6.07, 6.45) is 67.9. The van der Waals surface area contributed by atoms with Gasteiger partial charge in [0.1, 0.15) is 25.9 Å². The van der Waals surface area contributed by atoms with Crippen molar-refractivity contribution in [2.45, 2.75) is 141 Å². The first-order valence-corrected chi connectivity index (χ1v) is 24.5. The molecule has 0 amide bonds. The van der Waals surface area contributed by atoms with Crippen LogP contribution in [0.15, 0.2) is 134 Å². The second-order valence-electron chi connectivity index (χ2n) is 15.9. The van der Waals surface area contributed by atoms with Crippen molar-refractivity contribution >= 4 is 13.8 Å². The van der Waals surface area contributed by atoms with Crippen LogP contribution < -0.4 is 0 Å². The van der Waals surface area contributed by atoms with Gasteiger partial charge in [-0.2, -0.15) is 0 Å². The van der Waals surface area contributed by atoms with Gasteiger partial charge in [-0.15, -0.1) is 0 Å². The van der Waals surface area contributed by atoms with Crippen molar-refractivity contribution in [3.05, 3.63) is 134 Å². The summed E-state index contributed by atoms with van der Waals surface area (Å²) in [5.41, 5.74) is 0. The zero-order valence-electron chi connectivity index (χ0n) is 38.6. The van der Waals surface area contributed by atoms with Crippen LogP contribution in [-0.4, -0.2) is 74.1 Å². The van der Waals surface area contributed by atoms with Crippen molar-refractivity contribution < 1.29 is 37.6 Å². The number of hydrogen-bond acceptors (Lipinski definition) is 6. The van der Waals surface area contributed by atoms with Gasteiger partial charge in [0.15, 0.2) is 0 Å². The molecule has 0 aliphatic carbocycles. The quantitative estimate of drug-likeness (QED) is 0.0208. The number of aliphatic hydroxyl groups excluding tert-OH is 1. The van der Waals surface area contributed by atoms with E-state index in [2.05, 4.69) is 141 Å². The molecule has 0 aliphatic heterocycles. The van der Waals surface area contributed by atoms with Crippen LogP contribution in [0.4, 0.5) is 0 Å². The summed E-state index contributed by atoms with van der Waals surface area (Å²) < 4.78 is 27.2. The highest BCUT2D eigenvalue weighted by Crippen LogP contribution is 2.43. The Kier molecular flexibility index (Phi) is 40.9. The van der Waals surface area contributed by atoms with Crippen molar-refractivity contribution in [3.8, 4) is 0 Å². The van der Waals surface area contributed by atoms with Crippen LogP contribution in [0, 0.1) is 0 Å². The molecule has 0 saturated heterocycles. The third kappa shape index (κ3) is 49.2. The summed E-state index contributed by atoms with van der Waals surface area (Å²) in [6.45, 7) is 1.99. The Balaban J connectivity index is 3.63. The number of carbonyl (C=O) groups is 1. The molecule has 0 aromatic rings. The molecule has 2 unspecified atom stereocenters. The Morgan fingerprint density at radius 3 is 1.23 bits per heavy atom. The van der Waals surface area contributed by atoms with Crippen LogP contribution in [0.1, 0.15) is 135 Å². The Bertz CT molecular complexity index is 1420. The summed E-state index contributed by atoms with van der Waals surface area (Å²) in [4.78, 5) is 21.7. The maximum absolute atomic E-state index is 12.0. The van der Waals surface area contributed by atoms with Crippen LogP contribution in [0.3, 0.4) is 0 Å². The van der Waals surface area contributed by atoms with E-state index in [1.54, 1.807) is 0 Å². The van der Waals surface area contributed by atoms with Crippen molar-refractivity contribution in [2.75, 3.05) is 47.5 Å². The van der Waals surface area contributed by atoms with E-state index in [0.717, 1.165) is 103 Å². The number of phosphoric ester groups is 1. The van der Waals surface area contributed by atoms with Gasteiger partial charge in [0.05, 0.1) is 27.7 Å². The molecule has 0 radical (unpaired) electrons. The largest absolute Gasteiger partial charge is 0.472 e. The predicted molar refractivity (Wildman–Crippen MR) is 260 cm³/mol. The average Bonchev–Trinajstić information content (AvgIpc) is 3.22. The number of quaternary nitrogens is 1. The normalized spacial score (nSPS) is 14.9. The lowest BCUT2D eigenvalue weighted by molar-refractivity contribution is -0.870. The molecule has 0 aliphatic rings. The van der Waals surface area contributed by atoms with Gasteiger partial charge in [-0.05, 0) is 89.9 Å². The van der Waals surface area contributed by atoms with E-state index in [9.17, 15) is 19.4 Å². The monoisotopic (exact) mass is 867 g/mol. The third-order valence-electron chi connectivity index (χ3n) is 8.93. The van der Waals surface area contributed by atoms with Crippen LogP contribution >= 0.6 is 7.82 Å². The Labute approximate surface area is 372 Å². The minimum atomic E-state index is -4.26. The van der Waals surface area contributed by atoms with E-state index >= 15 is 0 Å². The maximum Gasteiger partial charge on any atom is 0.472 e. The molecule has 0 rings (SSSR count). The van der Waals surface area contributed by atoms with Crippen LogP contribution in [-0.2, 0) is 23.1 Å². The third-order valence-corrected chi connectivity index (χ3v) is 9.91. The molecule has 8 nitrogen and oxygen atoms in total. The number of esters is 1. The molecular weight excluding hydrogens is 782 g/mol. The number of phosphoric acid groups is 1. The molecule has 0 heterocycles. The van der Waals surface area contributed by atoms with Gasteiger partial charge in [0, 0.05) is 6.42 Å². The van der Waals surface area contributed by atoms with Crippen LogP contribution in [0.5, 0.6) is 0 Å². The fourth-order valence-corrected chi connectivity index (χ4v) is 6.11. The minimum absolute atomic E-state index is 0.0458. The number of nitrogens with zero attached hydrogens (tertiary/aromatic N) is 1. The maximum atomic E-state index is 12.0. The fraction of sp³-hybridized carbons (Fsp3) is 0.558. The van der Waals surface area contributed by atoms with Gasteiger partial charge < -0.3 is 19.2 Å². The van der Waals surface area contributed by atoms with E-state index in [0.29, 0.717) is 17.4 Å². The molecule has 0 spiro atoms. The van der Waals surface area contributed by atoms with E-state index in [1.165, 1.54) is 19.3 Å². The first-order valence-electron chi connectivity index (χ1n) is 23.0. The van der Waals surface area contributed by atoms with E-state index < -0.39 is 20.5 Å². The number of hydrogen-bond donors (Lipinski definition) is 2. The highest BCUT2D eigenvalue weighted by Gasteiger charge is 2.24. The average molecular weight is 867 g/mol. The molecule has 0 aromatic heterocycles. The topological polar surface area (TPSA) is 102 Å². The molecule has 2 N–H and O–H groups in total. The second-order valence-corrected chi connectivity index (χ2v) is 17.4. The molecule has 344 valence electrons. The Morgan fingerprint density at radius 1 is 0.508 bits per heavy atom. The number of likely N-dealkylation sites (N-methyl/N-ethyl adjacent to an activating group) is 1. The fourth-order valence-electron chi connectivity index (χ4n) is 5.37. The highest BCUT2D eigenvalue weighted by atomic mass is 31.2. The number of ether oxygens (including phenoxy) is 1. The van der Waals surface area contributed by atoms with Gasteiger partial charge in [-0.1, -0.05) is 173 Å². The van der Waals surface area contributed by atoms with Gasteiger partial charge in [-0.25, -0.2) is 4.57 Å². The smallest absolute Gasteiger partial charge is 0.463 e. The Hall–Kier alpha value is -3.36. The number of allylic oxidation sites excluding steroid dienone is 22. The van der Waals surface area contributed by atoms with E-state index in [4.69, 9.17) is 13.8 Å². The molecule has 61 heavy (non-hydrogen) atoms. The number of rotatable bonds is 40. The van der Waals surface area contributed by atoms with Crippen LogP contribution in [0.2, 0.25) is 0 Å². The number of aliphatic hydroxyl groups is 1. The summed E-state index contributed by atoms with van der Waals surface area (Å²) in [5.74, 6) is -0.389. The lowest BCUT2D eigenvalue weighted by Crippen LogP contribution is -2.37. The molecule has 0 bridgehead atoms. The summed E-state index contributed by atoms with van der Waals surface area (Å²) >= 11 is 0. The highest BCUT2D eigenvalue weighted by molar-refractivity contribution is 7.47. The summed E-state index contributed by atoms with van der Waals surface area (Å²) in [7, 11) is 1.54. The first-order chi connectivity index (χ1) is 29.6. The van der Waals surface area contributed by atoms with Gasteiger partial charge >= 0.3 is 13.8 Å². The standard InChI is InChI=1S/C52H84NO7P/c1-5-6-7-8-9-10-11-12-13-14-15-16-17-18-19-20-21-22-23-24-25-26-27-28-29-30-31-32-33-34-35-36-37-38-39-40-41-42-43-44-45-46-52(55)58-49-51(54)50-60-61(56,57)59-48-47-53(2,3)4/h6-7,9-10,12-13,15-16,18-19,21-22,24-25,27-28,30-31,33-34,36-37,51,54H,5,8,11,14,17,20,23,26,29,32,35,38-50H2,1-4H3/p+1/b7-6-,10-9-,13-12-,16-15-,19-18-,22-21-,25-24-,28-27-,31-30-,34-33-,37-36-. The molecule has 0 saturated carbocycles. The van der Waals surface area contributed by atoms with Gasteiger partial charge in [-0.3, -0.25) is 13.8 Å². The predicted octanol–water partition coefficient (Wildman–Crippen LogP) is 13.7. The van der Waals surface area contributed by atoms with Gasteiger partial charge in [0.2, 0.25) is 0 Å². The van der Waals surface area contributed by atoms with Crippen molar-refractivity contribution in [1.82, 2.24) is 0 Å². The minimum Gasteiger partial charge on any atom is -0.463 e. The SMILES string of the molecule is CC/C=C\C/C=C\C/C=C\C/C=C\C/C=C\C/C=C\C/C=C\C/C=C\C/C=C\C/C=C\C/C=C\CCCCCCCCCC(=O)OCC(O)COP(=O)(O)OCC[N+](C)(C)C. The van der Waals surface area contributed by atoms with Gasteiger partial charge in [0.25, 0.3) is 0 Å². The summed E-state index contributed by atoms with van der Waals surface area (Å²) in [6, 6.07) is 0. The molecular formula is C52H85NO7P+. The molecule has 9 heteroatoms. The van der Waals surface area contributed by atoms with E-state index in [-0.39, 0.29) is 19.2 Å². The second kappa shape index (κ2) is 43.3. The molecule has 0 aromatic carbocycles. The number of carbonyl (C=O) groups excluding carboxylic acids is 1. The molecule has 0 fully saturated rings. The lowest BCUT2D eigenvalue weighted by Gasteiger charge is -2.24. The summed E-state index contributed by atoms with van der Waals surface area (Å²) in [5, 5.41) is 9.92. The van der Waals surface area contributed by atoms with E-state index in [1.807, 2.05) is 21.1 Å². The first kappa shape index (κ1) is 57.6. The van der Waals surface area contributed by atoms with Crippen molar-refractivity contribution in [1.29, 1.82) is 0 Å². The van der Waals surface area contributed by atoms with Crippen molar-refractivity contribution in [3.63, 3.8) is 0 Å². The zero-order valence-corrected chi connectivity index (χ0v) is 39.5. The van der Waals surface area contributed by atoms with Crippen molar-refractivity contribution in [2.24, 2.45) is 0 Å². The van der Waals surface area contributed by atoms with Crippen LogP contribution in [0.25, 0.3) is 0 Å². The number of unbranched alkanes of at least 4 members (excludes halogenated alkanes) is 7. The Morgan fingerprint density at radius 2 is 0.852 bits per heavy atom.